The largest absolute Gasteiger partial charge is 0.0619 e. The Kier molecular flexibility index (Phi) is 3.57. The minimum absolute atomic E-state index is 0.469. The van der Waals surface area contributed by atoms with Crippen molar-refractivity contribution in [3.05, 3.63) is 93.5 Å². The van der Waals surface area contributed by atoms with Crippen molar-refractivity contribution < 1.29 is 0 Å². The minimum Gasteiger partial charge on any atom is -0.0619 e. The molecule has 1 aliphatic carbocycles. The van der Waals surface area contributed by atoms with Gasteiger partial charge in [0, 0.05) is 5.92 Å². The lowest BCUT2D eigenvalue weighted by Crippen LogP contribution is -2.07. The zero-order valence-electron chi connectivity index (χ0n) is 15.0. The van der Waals surface area contributed by atoms with Gasteiger partial charge in [-0.2, -0.15) is 0 Å². The first kappa shape index (κ1) is 15.2. The Hall–Kier alpha value is -2.34. The van der Waals surface area contributed by atoms with E-state index >= 15 is 0 Å². The second-order valence-electron chi connectivity index (χ2n) is 7.17. The summed E-state index contributed by atoms with van der Waals surface area (Å²) in [6, 6.07) is 20.2. The van der Waals surface area contributed by atoms with Crippen LogP contribution in [0.3, 0.4) is 0 Å². The van der Waals surface area contributed by atoms with Crippen LogP contribution in [0.15, 0.2) is 54.6 Å². The van der Waals surface area contributed by atoms with Crippen molar-refractivity contribution in [2.45, 2.75) is 40.0 Å². The van der Waals surface area contributed by atoms with Gasteiger partial charge in [-0.3, -0.25) is 0 Å². The zero-order chi connectivity index (χ0) is 16.8. The molecule has 0 heteroatoms. The number of hydrogen-bond donors (Lipinski definition) is 0. The minimum atomic E-state index is 0.469. The predicted octanol–water partition coefficient (Wildman–Crippen LogP) is 6.28. The molecule has 0 unspecified atom stereocenters. The van der Waals surface area contributed by atoms with Gasteiger partial charge in [0.15, 0.2) is 0 Å². The Morgan fingerprint density at radius 1 is 0.667 bits per heavy atom. The van der Waals surface area contributed by atoms with Crippen molar-refractivity contribution in [1.82, 2.24) is 0 Å². The van der Waals surface area contributed by atoms with Crippen molar-refractivity contribution in [2.75, 3.05) is 0 Å². The van der Waals surface area contributed by atoms with E-state index in [9.17, 15) is 0 Å². The fourth-order valence-electron chi connectivity index (χ4n) is 4.29. The molecule has 3 aromatic carbocycles. The molecule has 4 rings (SSSR count). The van der Waals surface area contributed by atoms with Crippen LogP contribution in [0.5, 0.6) is 0 Å². The summed E-state index contributed by atoms with van der Waals surface area (Å²) in [5.74, 6) is 0.469. The number of fused-ring (bicyclic) bond motifs is 3. The second kappa shape index (κ2) is 5.63. The molecular formula is C24H24. The average Bonchev–Trinajstić information content (AvgIpc) is 2.91. The van der Waals surface area contributed by atoms with Crippen LogP contribution in [0.1, 0.15) is 44.9 Å². The van der Waals surface area contributed by atoms with Gasteiger partial charge in [0.25, 0.3) is 0 Å². The molecule has 0 aliphatic heterocycles. The highest BCUT2D eigenvalue weighted by molar-refractivity contribution is 5.79. The van der Waals surface area contributed by atoms with Gasteiger partial charge < -0.3 is 0 Å². The van der Waals surface area contributed by atoms with E-state index in [1.165, 1.54) is 50.1 Å². The van der Waals surface area contributed by atoms with Gasteiger partial charge in [0.05, 0.1) is 0 Å². The van der Waals surface area contributed by atoms with E-state index in [1.54, 1.807) is 0 Å². The fraction of sp³-hybridized carbons (Fsp3) is 0.250. The summed E-state index contributed by atoms with van der Waals surface area (Å²) >= 11 is 0. The van der Waals surface area contributed by atoms with E-state index in [4.69, 9.17) is 0 Å². The lowest BCUT2D eigenvalue weighted by Gasteiger charge is -2.20. The molecule has 0 saturated carbocycles. The molecule has 0 amide bonds. The van der Waals surface area contributed by atoms with Crippen LogP contribution in [0.2, 0.25) is 0 Å². The van der Waals surface area contributed by atoms with Crippen LogP contribution < -0.4 is 0 Å². The quantitative estimate of drug-likeness (QED) is 0.522. The van der Waals surface area contributed by atoms with Crippen LogP contribution in [0.25, 0.3) is 11.1 Å². The third-order valence-corrected chi connectivity index (χ3v) is 5.89. The third kappa shape index (κ3) is 2.21. The van der Waals surface area contributed by atoms with Gasteiger partial charge in [-0.05, 0) is 84.2 Å². The lowest BCUT2D eigenvalue weighted by molar-refractivity contribution is 0.812. The topological polar surface area (TPSA) is 0 Å². The van der Waals surface area contributed by atoms with Crippen LogP contribution >= 0.6 is 0 Å². The summed E-state index contributed by atoms with van der Waals surface area (Å²) in [5.41, 5.74) is 13.1. The Balaban J connectivity index is 1.87. The van der Waals surface area contributed by atoms with E-state index < -0.39 is 0 Å². The van der Waals surface area contributed by atoms with Crippen LogP contribution in [-0.4, -0.2) is 0 Å². The molecular weight excluding hydrogens is 288 g/mol. The molecule has 0 bridgehead atoms. The highest BCUT2D eigenvalue weighted by Gasteiger charge is 2.29. The summed E-state index contributed by atoms with van der Waals surface area (Å²) in [4.78, 5) is 0. The van der Waals surface area contributed by atoms with E-state index in [-0.39, 0.29) is 0 Å². The predicted molar refractivity (Wildman–Crippen MR) is 103 cm³/mol. The van der Waals surface area contributed by atoms with E-state index in [2.05, 4.69) is 82.3 Å². The Bertz CT molecular complexity index is 859. The van der Waals surface area contributed by atoms with Crippen LogP contribution in [0.4, 0.5) is 0 Å². The summed E-state index contributed by atoms with van der Waals surface area (Å²) in [6.45, 7) is 9.04. The first-order valence-electron chi connectivity index (χ1n) is 8.82. The number of aryl methyl sites for hydroxylation is 2. The monoisotopic (exact) mass is 312 g/mol. The molecule has 0 spiro atoms. The van der Waals surface area contributed by atoms with Gasteiger partial charge in [0.2, 0.25) is 0 Å². The smallest absolute Gasteiger partial charge is 0.0142 e. The van der Waals surface area contributed by atoms with Gasteiger partial charge in [-0.15, -0.1) is 0 Å². The van der Waals surface area contributed by atoms with Gasteiger partial charge in [-0.25, -0.2) is 0 Å². The van der Waals surface area contributed by atoms with E-state index in [0.717, 1.165) is 6.42 Å². The maximum Gasteiger partial charge on any atom is 0.0142 e. The van der Waals surface area contributed by atoms with Crippen molar-refractivity contribution in [1.29, 1.82) is 0 Å². The van der Waals surface area contributed by atoms with Crippen molar-refractivity contribution in [3.63, 3.8) is 0 Å². The molecule has 0 N–H and O–H groups in total. The fourth-order valence-corrected chi connectivity index (χ4v) is 4.29. The number of rotatable bonds is 2. The van der Waals surface area contributed by atoms with E-state index in [1.807, 2.05) is 0 Å². The van der Waals surface area contributed by atoms with Gasteiger partial charge in [0.1, 0.15) is 0 Å². The van der Waals surface area contributed by atoms with Crippen LogP contribution in [-0.2, 0) is 6.42 Å². The Morgan fingerprint density at radius 2 is 1.12 bits per heavy atom. The highest BCUT2D eigenvalue weighted by atomic mass is 14.3. The summed E-state index contributed by atoms with van der Waals surface area (Å²) in [7, 11) is 0. The Labute approximate surface area is 145 Å². The molecule has 3 aromatic rings. The summed E-state index contributed by atoms with van der Waals surface area (Å²) in [5, 5.41) is 0. The van der Waals surface area contributed by atoms with Gasteiger partial charge >= 0.3 is 0 Å². The van der Waals surface area contributed by atoms with Crippen molar-refractivity contribution >= 4 is 0 Å². The standard InChI is InChI=1S/C24H24/c1-15-13-16(2)18(4)23(17(15)3)14-24-21-11-7-5-9-19(21)20-10-6-8-12-22(20)24/h5-13,24H,14H2,1-4H3. The maximum atomic E-state index is 2.32. The normalized spacial score (nSPS) is 13.0. The number of benzene rings is 3. The molecule has 1 aliphatic rings. The summed E-state index contributed by atoms with van der Waals surface area (Å²) < 4.78 is 0. The molecule has 0 fully saturated rings. The third-order valence-electron chi connectivity index (χ3n) is 5.89. The van der Waals surface area contributed by atoms with Crippen LogP contribution in [0, 0.1) is 27.7 Å². The molecule has 0 aromatic heterocycles. The number of hydrogen-bond acceptors (Lipinski definition) is 0. The first-order chi connectivity index (χ1) is 11.6. The second-order valence-corrected chi connectivity index (χ2v) is 7.17. The SMILES string of the molecule is Cc1cc(C)c(C)c(CC2c3ccccc3-c3ccccc32)c1C. The highest BCUT2D eigenvalue weighted by Crippen LogP contribution is 2.46. The average molecular weight is 312 g/mol. The molecule has 0 atom stereocenters. The van der Waals surface area contributed by atoms with E-state index in [0.29, 0.717) is 5.92 Å². The molecule has 0 radical (unpaired) electrons. The van der Waals surface area contributed by atoms with Gasteiger partial charge in [-0.1, -0.05) is 54.6 Å². The first-order valence-corrected chi connectivity index (χ1v) is 8.82. The molecule has 24 heavy (non-hydrogen) atoms. The summed E-state index contributed by atoms with van der Waals surface area (Å²) in [6.07, 6.45) is 1.09. The molecule has 120 valence electrons. The molecule has 0 heterocycles. The van der Waals surface area contributed by atoms with Crippen molar-refractivity contribution in [2.24, 2.45) is 0 Å². The maximum absolute atomic E-state index is 2.32. The Morgan fingerprint density at radius 3 is 1.62 bits per heavy atom. The zero-order valence-corrected chi connectivity index (χ0v) is 15.0. The molecule has 0 saturated heterocycles. The molecule has 0 nitrogen and oxygen atoms in total. The van der Waals surface area contributed by atoms with Crippen molar-refractivity contribution in [3.8, 4) is 11.1 Å². The lowest BCUT2D eigenvalue weighted by atomic mass is 9.84.